The number of hydrogen-bond acceptors (Lipinski definition) is 4. The molecule has 39 heavy (non-hydrogen) atoms. The molecular weight excluding hydrogens is 524 g/mol. The van der Waals surface area contributed by atoms with Crippen molar-refractivity contribution in [3.8, 4) is 0 Å². The fraction of sp³-hybridized carbons (Fsp3) is 0.310. The molecule has 0 unspecified atom stereocenters. The highest BCUT2D eigenvalue weighted by Gasteiger charge is 2.33. The number of benzene rings is 3. The summed E-state index contributed by atoms with van der Waals surface area (Å²) in [4.78, 5) is 28.7. The van der Waals surface area contributed by atoms with Crippen molar-refractivity contribution in [1.29, 1.82) is 0 Å². The van der Waals surface area contributed by atoms with Crippen molar-refractivity contribution in [2.45, 2.75) is 38.8 Å². The van der Waals surface area contributed by atoms with Crippen molar-refractivity contribution in [3.63, 3.8) is 0 Å². The number of sulfonamides is 1. The zero-order valence-corrected chi connectivity index (χ0v) is 22.8. The van der Waals surface area contributed by atoms with Crippen LogP contribution in [0, 0.1) is 11.6 Å². The molecule has 0 aliphatic heterocycles. The first-order valence-corrected chi connectivity index (χ1v) is 14.5. The smallest absolute Gasteiger partial charge is 0.244 e. The molecule has 0 bridgehead atoms. The number of hydrogen-bond donors (Lipinski definition) is 1. The molecule has 2 amide bonds. The van der Waals surface area contributed by atoms with E-state index in [4.69, 9.17) is 0 Å². The van der Waals surface area contributed by atoms with Crippen LogP contribution in [-0.4, -0.2) is 50.5 Å². The topological polar surface area (TPSA) is 86.8 Å². The number of anilines is 1. The van der Waals surface area contributed by atoms with E-state index in [9.17, 15) is 26.8 Å². The summed E-state index contributed by atoms with van der Waals surface area (Å²) in [5.74, 6) is -2.02. The first-order chi connectivity index (χ1) is 18.6. The quantitative estimate of drug-likeness (QED) is 0.318. The van der Waals surface area contributed by atoms with Crippen LogP contribution in [0.1, 0.15) is 30.9 Å². The molecule has 7 nitrogen and oxygen atoms in total. The Balaban J connectivity index is 2.01. The lowest BCUT2D eigenvalue weighted by Crippen LogP contribution is -2.53. The highest BCUT2D eigenvalue weighted by atomic mass is 32.2. The number of unbranched alkanes of at least 4 members (excludes halogenated alkanes) is 1. The zero-order chi connectivity index (χ0) is 28.4. The number of halogens is 2. The molecule has 1 N–H and O–H groups in total. The van der Waals surface area contributed by atoms with Crippen LogP contribution >= 0.6 is 0 Å². The number of nitrogens with zero attached hydrogens (tertiary/aromatic N) is 2. The molecule has 208 valence electrons. The van der Waals surface area contributed by atoms with Gasteiger partial charge in [-0.2, -0.15) is 0 Å². The maximum Gasteiger partial charge on any atom is 0.244 e. The van der Waals surface area contributed by atoms with Gasteiger partial charge in [-0.25, -0.2) is 17.2 Å². The molecule has 0 heterocycles. The molecule has 0 radical (unpaired) electrons. The highest BCUT2D eigenvalue weighted by Crippen LogP contribution is 2.21. The number of nitrogens with one attached hydrogen (secondary N) is 1. The van der Waals surface area contributed by atoms with Gasteiger partial charge in [0.1, 0.15) is 24.2 Å². The van der Waals surface area contributed by atoms with Gasteiger partial charge in [-0.3, -0.25) is 13.9 Å². The van der Waals surface area contributed by atoms with Gasteiger partial charge in [0.15, 0.2) is 0 Å². The second-order valence-electron chi connectivity index (χ2n) is 9.24. The Bertz CT molecular complexity index is 1340. The summed E-state index contributed by atoms with van der Waals surface area (Å²) >= 11 is 0. The fourth-order valence-electron chi connectivity index (χ4n) is 4.07. The summed E-state index contributed by atoms with van der Waals surface area (Å²) in [6, 6.07) is 18.5. The summed E-state index contributed by atoms with van der Waals surface area (Å²) in [5, 5.41) is 2.89. The molecule has 0 saturated carbocycles. The van der Waals surface area contributed by atoms with Crippen LogP contribution in [0.3, 0.4) is 0 Å². The number of carbonyl (C=O) groups excluding carboxylic acids is 2. The Morgan fingerprint density at radius 1 is 0.872 bits per heavy atom. The largest absolute Gasteiger partial charge is 0.354 e. The minimum Gasteiger partial charge on any atom is -0.354 e. The standard InChI is InChI=1S/C29H33F2N3O4S/c1-3-4-18-32-29(36)27(19-22-8-6-5-7-9-22)33(20-23-10-12-24(30)13-11-23)28(35)21-34(39(2,37)38)26-16-14-25(31)15-17-26/h5-17,27H,3-4,18-21H2,1-2H3,(H,32,36)/t27-/m1/s1. The number of carbonyl (C=O) groups is 2. The van der Waals surface area contributed by atoms with E-state index in [1.807, 2.05) is 37.3 Å². The number of amides is 2. The van der Waals surface area contributed by atoms with Gasteiger partial charge >= 0.3 is 0 Å². The maximum absolute atomic E-state index is 13.9. The van der Waals surface area contributed by atoms with Gasteiger partial charge in [-0.1, -0.05) is 55.8 Å². The maximum atomic E-state index is 13.9. The predicted molar refractivity (Wildman–Crippen MR) is 147 cm³/mol. The zero-order valence-electron chi connectivity index (χ0n) is 22.0. The van der Waals surface area contributed by atoms with E-state index < -0.39 is 40.2 Å². The monoisotopic (exact) mass is 557 g/mol. The minimum absolute atomic E-state index is 0.0567. The van der Waals surface area contributed by atoms with Gasteiger partial charge in [-0.05, 0) is 53.9 Å². The van der Waals surface area contributed by atoms with Crippen molar-refractivity contribution >= 4 is 27.5 Å². The number of rotatable bonds is 13. The molecule has 3 rings (SSSR count). The van der Waals surface area contributed by atoms with E-state index in [1.54, 1.807) is 0 Å². The molecule has 0 aliphatic rings. The Kier molecular flexibility index (Phi) is 10.6. The molecule has 0 spiro atoms. The van der Waals surface area contributed by atoms with Gasteiger partial charge in [0, 0.05) is 19.5 Å². The average Bonchev–Trinajstić information content (AvgIpc) is 2.91. The van der Waals surface area contributed by atoms with Crippen LogP contribution in [0.4, 0.5) is 14.5 Å². The lowest BCUT2D eigenvalue weighted by molar-refractivity contribution is -0.140. The lowest BCUT2D eigenvalue weighted by atomic mass is 10.0. The van der Waals surface area contributed by atoms with Gasteiger partial charge in [0.05, 0.1) is 11.9 Å². The summed E-state index contributed by atoms with van der Waals surface area (Å²) in [6.45, 7) is 1.75. The second kappa shape index (κ2) is 13.8. The first kappa shape index (κ1) is 29.8. The second-order valence-corrected chi connectivity index (χ2v) is 11.2. The average molecular weight is 558 g/mol. The van der Waals surface area contributed by atoms with Gasteiger partial charge < -0.3 is 10.2 Å². The van der Waals surface area contributed by atoms with Gasteiger partial charge in [0.2, 0.25) is 21.8 Å². The molecule has 0 saturated heterocycles. The first-order valence-electron chi connectivity index (χ1n) is 12.7. The van der Waals surface area contributed by atoms with E-state index in [1.165, 1.54) is 41.3 Å². The van der Waals surface area contributed by atoms with Crippen LogP contribution in [-0.2, 0) is 32.6 Å². The van der Waals surface area contributed by atoms with E-state index >= 15 is 0 Å². The summed E-state index contributed by atoms with van der Waals surface area (Å²) in [5.41, 5.74) is 1.49. The Morgan fingerprint density at radius 2 is 1.46 bits per heavy atom. The lowest BCUT2D eigenvalue weighted by Gasteiger charge is -2.33. The van der Waals surface area contributed by atoms with E-state index in [0.717, 1.165) is 41.1 Å². The molecule has 0 aromatic heterocycles. The van der Waals surface area contributed by atoms with Crippen LogP contribution in [0.15, 0.2) is 78.9 Å². The third-order valence-electron chi connectivity index (χ3n) is 6.16. The van der Waals surface area contributed by atoms with Crippen LogP contribution in [0.25, 0.3) is 0 Å². The van der Waals surface area contributed by atoms with Crippen molar-refractivity contribution in [1.82, 2.24) is 10.2 Å². The Morgan fingerprint density at radius 3 is 2.03 bits per heavy atom. The van der Waals surface area contributed by atoms with Gasteiger partial charge in [-0.15, -0.1) is 0 Å². The summed E-state index contributed by atoms with van der Waals surface area (Å²) in [6.07, 6.45) is 2.75. The molecule has 3 aromatic carbocycles. The van der Waals surface area contributed by atoms with Crippen LogP contribution in [0.2, 0.25) is 0 Å². The third-order valence-corrected chi connectivity index (χ3v) is 7.30. The molecule has 3 aromatic rings. The predicted octanol–water partition coefficient (Wildman–Crippen LogP) is 4.29. The normalized spacial score (nSPS) is 12.0. The van der Waals surface area contributed by atoms with Gasteiger partial charge in [0.25, 0.3) is 0 Å². The molecule has 10 heteroatoms. The van der Waals surface area contributed by atoms with Crippen molar-refractivity contribution in [2.75, 3.05) is 23.7 Å². The summed E-state index contributed by atoms with van der Waals surface area (Å²) in [7, 11) is -3.95. The fourth-order valence-corrected chi connectivity index (χ4v) is 4.92. The summed E-state index contributed by atoms with van der Waals surface area (Å²) < 4.78 is 53.4. The Hall–Kier alpha value is -3.79. The molecule has 1 atom stereocenters. The molecular formula is C29H33F2N3O4S. The SMILES string of the molecule is CCCCNC(=O)[C@@H](Cc1ccccc1)N(Cc1ccc(F)cc1)C(=O)CN(c1ccc(F)cc1)S(C)(=O)=O. The third kappa shape index (κ3) is 8.88. The van der Waals surface area contributed by atoms with E-state index in [-0.39, 0.29) is 24.6 Å². The Labute approximate surface area is 228 Å². The highest BCUT2D eigenvalue weighted by molar-refractivity contribution is 7.92. The minimum atomic E-state index is -3.95. The van der Waals surface area contributed by atoms with Crippen LogP contribution in [0.5, 0.6) is 0 Å². The molecule has 0 fully saturated rings. The van der Waals surface area contributed by atoms with Crippen LogP contribution < -0.4 is 9.62 Å². The van der Waals surface area contributed by atoms with Crippen molar-refractivity contribution < 1.29 is 26.8 Å². The van der Waals surface area contributed by atoms with E-state index in [0.29, 0.717) is 12.1 Å². The van der Waals surface area contributed by atoms with Crippen molar-refractivity contribution in [3.05, 3.63) is 102 Å². The van der Waals surface area contributed by atoms with E-state index in [2.05, 4.69) is 5.32 Å². The molecule has 0 aliphatic carbocycles. The van der Waals surface area contributed by atoms with Crippen molar-refractivity contribution in [2.24, 2.45) is 0 Å².